The van der Waals surface area contributed by atoms with Gasteiger partial charge in [0.25, 0.3) is 5.91 Å². The van der Waals surface area contributed by atoms with E-state index in [4.69, 9.17) is 0 Å². The molecule has 0 spiro atoms. The molecule has 4 aromatic rings. The highest BCUT2D eigenvalue weighted by Crippen LogP contribution is 2.22. The van der Waals surface area contributed by atoms with Crippen molar-refractivity contribution in [1.82, 2.24) is 50.4 Å². The number of para-hydroxylation sites is 1. The van der Waals surface area contributed by atoms with Gasteiger partial charge in [-0.15, -0.1) is 10.2 Å². The lowest BCUT2D eigenvalue weighted by Crippen LogP contribution is -2.50. The Morgan fingerprint density at radius 2 is 1.62 bits per heavy atom. The van der Waals surface area contributed by atoms with Gasteiger partial charge in [-0.05, 0) is 43.4 Å². The Balaban J connectivity index is 1.41. The standard InChI is InChI=1S/C34H42N10O4/c1-23(2)31-32-38-24(3)41-44(32)20-30(46)35-16-10-18-42(34(48)26-13-7-8-14-28(26)43-21-36-37-22-43)17-9-15-29(45)39-27(33(47)40-31)19-25-11-5-4-6-12-25/h4-8,11-14,21-23,27,31H,9-10,15-20H2,1-3H3,(H,35,46)(H,39,45)(H,40,47)/t27-,31+/m1/s1. The third kappa shape index (κ3) is 8.69. The zero-order valence-corrected chi connectivity index (χ0v) is 27.5. The fourth-order valence-electron chi connectivity index (χ4n) is 5.74. The summed E-state index contributed by atoms with van der Waals surface area (Å²) in [4.78, 5) is 60.4. The number of aryl methyl sites for hydroxylation is 1. The molecule has 3 N–H and O–H groups in total. The van der Waals surface area contributed by atoms with Crippen LogP contribution in [0.1, 0.15) is 66.7 Å². The molecule has 14 nitrogen and oxygen atoms in total. The number of nitrogens with one attached hydrogen (secondary N) is 3. The second-order valence-corrected chi connectivity index (χ2v) is 12.2. The molecule has 2 aromatic carbocycles. The number of carbonyl (C=O) groups is 4. The van der Waals surface area contributed by atoms with Crippen LogP contribution in [0.4, 0.5) is 0 Å². The van der Waals surface area contributed by atoms with E-state index in [1.54, 1.807) is 28.5 Å². The molecular formula is C34H42N10O4. The fourth-order valence-corrected chi connectivity index (χ4v) is 5.74. The van der Waals surface area contributed by atoms with E-state index in [1.165, 1.54) is 17.3 Å². The number of nitrogens with zero attached hydrogens (tertiary/aromatic N) is 7. The van der Waals surface area contributed by atoms with Gasteiger partial charge in [-0.3, -0.25) is 23.7 Å². The normalized spacial score (nSPS) is 18.7. The number of benzene rings is 2. The molecule has 5 rings (SSSR count). The molecular weight excluding hydrogens is 612 g/mol. The van der Waals surface area contributed by atoms with Gasteiger partial charge in [0.05, 0.1) is 17.3 Å². The molecule has 252 valence electrons. The summed E-state index contributed by atoms with van der Waals surface area (Å²) < 4.78 is 3.19. The molecule has 2 atom stereocenters. The van der Waals surface area contributed by atoms with Gasteiger partial charge >= 0.3 is 0 Å². The summed E-state index contributed by atoms with van der Waals surface area (Å²) in [6.45, 7) is 6.52. The van der Waals surface area contributed by atoms with Gasteiger partial charge in [0.2, 0.25) is 17.7 Å². The Morgan fingerprint density at radius 1 is 0.917 bits per heavy atom. The zero-order chi connectivity index (χ0) is 34.0. The van der Waals surface area contributed by atoms with Crippen molar-refractivity contribution in [3.63, 3.8) is 0 Å². The highest BCUT2D eigenvalue weighted by atomic mass is 16.2. The van der Waals surface area contributed by atoms with E-state index in [2.05, 4.69) is 36.2 Å². The average molecular weight is 655 g/mol. The van der Waals surface area contributed by atoms with E-state index in [0.29, 0.717) is 55.4 Å². The fraction of sp³-hybridized carbons (Fsp3) is 0.412. The van der Waals surface area contributed by atoms with Gasteiger partial charge in [-0.1, -0.05) is 56.3 Å². The topological polar surface area (TPSA) is 169 Å². The maximum Gasteiger partial charge on any atom is 0.255 e. The van der Waals surface area contributed by atoms with Crippen molar-refractivity contribution in [3.05, 3.63) is 90.0 Å². The first kappa shape index (κ1) is 33.9. The predicted molar refractivity (Wildman–Crippen MR) is 177 cm³/mol. The first-order valence-electron chi connectivity index (χ1n) is 16.2. The van der Waals surface area contributed by atoms with E-state index in [1.807, 2.05) is 56.3 Å². The molecule has 4 amide bonds. The number of hydrogen-bond acceptors (Lipinski definition) is 8. The van der Waals surface area contributed by atoms with Crippen LogP contribution < -0.4 is 16.0 Å². The van der Waals surface area contributed by atoms with Crippen molar-refractivity contribution >= 4 is 23.6 Å². The van der Waals surface area contributed by atoms with Crippen LogP contribution in [0.15, 0.2) is 67.3 Å². The summed E-state index contributed by atoms with van der Waals surface area (Å²) >= 11 is 0. The summed E-state index contributed by atoms with van der Waals surface area (Å²) in [5, 5.41) is 21.1. The minimum Gasteiger partial charge on any atom is -0.354 e. The van der Waals surface area contributed by atoms with Crippen LogP contribution in [0.3, 0.4) is 0 Å². The van der Waals surface area contributed by atoms with Crippen LogP contribution in [0.25, 0.3) is 5.69 Å². The van der Waals surface area contributed by atoms with Gasteiger partial charge in [0, 0.05) is 32.5 Å². The Bertz CT molecular complexity index is 1700. The number of carbonyl (C=O) groups excluding carboxylic acids is 4. The average Bonchev–Trinajstić information content (AvgIpc) is 3.74. The van der Waals surface area contributed by atoms with Crippen LogP contribution in [0.5, 0.6) is 0 Å². The highest BCUT2D eigenvalue weighted by molar-refractivity contribution is 5.98. The Labute approximate surface area is 279 Å². The minimum absolute atomic E-state index is 0.0864. The summed E-state index contributed by atoms with van der Waals surface area (Å²) in [7, 11) is 0. The molecule has 3 heterocycles. The molecule has 2 aromatic heterocycles. The molecule has 14 heteroatoms. The summed E-state index contributed by atoms with van der Waals surface area (Å²) in [6, 6.07) is 15.2. The van der Waals surface area contributed by atoms with Crippen molar-refractivity contribution in [1.29, 1.82) is 0 Å². The van der Waals surface area contributed by atoms with Gasteiger partial charge in [-0.25, -0.2) is 9.67 Å². The van der Waals surface area contributed by atoms with Crippen LogP contribution in [0.2, 0.25) is 0 Å². The van der Waals surface area contributed by atoms with Crippen molar-refractivity contribution in [2.24, 2.45) is 5.92 Å². The largest absolute Gasteiger partial charge is 0.354 e. The number of fused-ring (bicyclic) bond motifs is 1. The van der Waals surface area contributed by atoms with Crippen LogP contribution in [-0.4, -0.2) is 83.7 Å². The van der Waals surface area contributed by atoms with Gasteiger partial charge < -0.3 is 20.9 Å². The summed E-state index contributed by atoms with van der Waals surface area (Å²) in [5.74, 6) is -0.302. The van der Waals surface area contributed by atoms with E-state index in [-0.39, 0.29) is 48.9 Å². The van der Waals surface area contributed by atoms with Gasteiger partial charge in [0.1, 0.15) is 31.1 Å². The lowest BCUT2D eigenvalue weighted by molar-refractivity contribution is -0.129. The van der Waals surface area contributed by atoms with Gasteiger partial charge in [-0.2, -0.15) is 5.10 Å². The quantitative estimate of drug-likeness (QED) is 0.294. The number of rotatable bonds is 5. The van der Waals surface area contributed by atoms with E-state index < -0.39 is 12.1 Å². The highest BCUT2D eigenvalue weighted by Gasteiger charge is 2.30. The SMILES string of the molecule is Cc1nc2n(n1)CC(=O)NCCCN(C(=O)c1ccccc1-n1cnnc1)CCCC(=O)N[C@H](Cc1ccccc1)C(=O)N[C@H]2C(C)C. The predicted octanol–water partition coefficient (Wildman–Crippen LogP) is 2.15. The number of aromatic nitrogens is 6. The molecule has 0 saturated heterocycles. The monoisotopic (exact) mass is 654 g/mol. The molecule has 0 aliphatic carbocycles. The molecule has 1 aliphatic heterocycles. The van der Waals surface area contributed by atoms with Crippen molar-refractivity contribution < 1.29 is 19.2 Å². The number of hydrogen-bond donors (Lipinski definition) is 3. The van der Waals surface area contributed by atoms with Crippen LogP contribution in [-0.2, 0) is 27.3 Å². The second-order valence-electron chi connectivity index (χ2n) is 12.2. The third-order valence-corrected chi connectivity index (χ3v) is 8.15. The molecule has 1 aliphatic rings. The first-order valence-corrected chi connectivity index (χ1v) is 16.2. The summed E-state index contributed by atoms with van der Waals surface area (Å²) in [5.41, 5.74) is 1.98. The maximum absolute atomic E-state index is 13.9. The van der Waals surface area contributed by atoms with E-state index >= 15 is 0 Å². The molecule has 0 unspecified atom stereocenters. The zero-order valence-electron chi connectivity index (χ0n) is 27.5. The maximum atomic E-state index is 13.9. The van der Waals surface area contributed by atoms with E-state index in [9.17, 15) is 19.2 Å². The first-order chi connectivity index (χ1) is 23.2. The second kappa shape index (κ2) is 15.9. The minimum atomic E-state index is -0.866. The molecule has 0 saturated carbocycles. The molecule has 0 fully saturated rings. The van der Waals surface area contributed by atoms with Crippen LogP contribution >= 0.6 is 0 Å². The smallest absolute Gasteiger partial charge is 0.255 e. The number of amides is 4. The van der Waals surface area contributed by atoms with Gasteiger partial charge in [0.15, 0.2) is 5.82 Å². The molecule has 48 heavy (non-hydrogen) atoms. The molecule has 0 radical (unpaired) electrons. The summed E-state index contributed by atoms with van der Waals surface area (Å²) in [6.07, 6.45) is 4.30. The lowest BCUT2D eigenvalue weighted by atomic mass is 10.0. The third-order valence-electron chi connectivity index (χ3n) is 8.15. The van der Waals surface area contributed by atoms with E-state index in [0.717, 1.165) is 5.56 Å². The van der Waals surface area contributed by atoms with Crippen LogP contribution in [0, 0.1) is 12.8 Å². The van der Waals surface area contributed by atoms with Crippen molar-refractivity contribution in [2.45, 2.75) is 65.1 Å². The van der Waals surface area contributed by atoms with Crippen molar-refractivity contribution in [3.8, 4) is 5.69 Å². The Hall–Kier alpha value is -5.40. The Kier molecular flexibility index (Phi) is 11.3. The molecule has 0 bridgehead atoms. The van der Waals surface area contributed by atoms with Crippen molar-refractivity contribution in [2.75, 3.05) is 19.6 Å². The Morgan fingerprint density at radius 3 is 2.38 bits per heavy atom. The lowest BCUT2D eigenvalue weighted by Gasteiger charge is -2.27.